The van der Waals surface area contributed by atoms with Crippen LogP contribution in [0.5, 0.6) is 0 Å². The molecule has 0 aliphatic heterocycles. The third-order valence-corrected chi connectivity index (χ3v) is 3.25. The SMILES string of the molecule is CSc1ccc(C(C)NC(=O)CCCl)cc1. The minimum absolute atomic E-state index is 0.00329. The number of alkyl halides is 1. The average Bonchev–Trinajstić information content (AvgIpc) is 2.29. The summed E-state index contributed by atoms with van der Waals surface area (Å²) in [7, 11) is 0. The van der Waals surface area contributed by atoms with E-state index in [2.05, 4.69) is 17.4 Å². The van der Waals surface area contributed by atoms with Crippen LogP contribution in [0.25, 0.3) is 0 Å². The van der Waals surface area contributed by atoms with E-state index in [1.807, 2.05) is 25.3 Å². The molecular formula is C12H16ClNOS. The molecule has 1 aromatic carbocycles. The fourth-order valence-electron chi connectivity index (χ4n) is 1.38. The van der Waals surface area contributed by atoms with Crippen LogP contribution in [0.15, 0.2) is 29.2 Å². The lowest BCUT2D eigenvalue weighted by atomic mass is 10.1. The molecule has 0 saturated heterocycles. The van der Waals surface area contributed by atoms with Crippen molar-refractivity contribution in [2.45, 2.75) is 24.3 Å². The smallest absolute Gasteiger partial charge is 0.221 e. The maximum Gasteiger partial charge on any atom is 0.221 e. The summed E-state index contributed by atoms with van der Waals surface area (Å²) in [5.74, 6) is 0.362. The molecule has 0 aliphatic rings. The molecule has 1 atom stereocenters. The Morgan fingerprint density at radius 2 is 2.06 bits per heavy atom. The molecule has 0 aromatic heterocycles. The molecule has 0 heterocycles. The molecule has 1 rings (SSSR count). The lowest BCUT2D eigenvalue weighted by molar-refractivity contribution is -0.121. The van der Waals surface area contributed by atoms with Gasteiger partial charge in [0.1, 0.15) is 0 Å². The summed E-state index contributed by atoms with van der Waals surface area (Å²) in [6.45, 7) is 1.97. The Balaban J connectivity index is 2.58. The van der Waals surface area contributed by atoms with Crippen LogP contribution in [0.4, 0.5) is 0 Å². The highest BCUT2D eigenvalue weighted by Crippen LogP contribution is 2.18. The van der Waals surface area contributed by atoms with E-state index < -0.39 is 0 Å². The molecule has 0 aliphatic carbocycles. The van der Waals surface area contributed by atoms with E-state index in [1.165, 1.54) is 4.90 Å². The van der Waals surface area contributed by atoms with Gasteiger partial charge in [0.25, 0.3) is 0 Å². The summed E-state index contributed by atoms with van der Waals surface area (Å²) < 4.78 is 0. The Morgan fingerprint density at radius 1 is 1.44 bits per heavy atom. The predicted octanol–water partition coefficient (Wildman–Crippen LogP) is 3.21. The summed E-state index contributed by atoms with van der Waals surface area (Å²) in [5.41, 5.74) is 1.11. The van der Waals surface area contributed by atoms with E-state index in [0.717, 1.165) is 5.56 Å². The van der Waals surface area contributed by atoms with Crippen molar-refractivity contribution in [2.24, 2.45) is 0 Å². The number of carbonyl (C=O) groups is 1. The highest BCUT2D eigenvalue weighted by atomic mass is 35.5. The van der Waals surface area contributed by atoms with Crippen molar-refractivity contribution in [1.29, 1.82) is 0 Å². The molecule has 1 N–H and O–H groups in total. The van der Waals surface area contributed by atoms with Crippen LogP contribution in [-0.2, 0) is 4.79 Å². The van der Waals surface area contributed by atoms with Crippen LogP contribution in [0.3, 0.4) is 0 Å². The van der Waals surface area contributed by atoms with Crippen molar-refractivity contribution in [3.05, 3.63) is 29.8 Å². The average molecular weight is 258 g/mol. The molecule has 0 radical (unpaired) electrons. The van der Waals surface area contributed by atoms with Crippen molar-refractivity contribution < 1.29 is 4.79 Å². The van der Waals surface area contributed by atoms with Gasteiger partial charge in [0.2, 0.25) is 5.91 Å². The normalized spacial score (nSPS) is 12.2. The van der Waals surface area contributed by atoms with Crippen LogP contribution in [-0.4, -0.2) is 18.0 Å². The van der Waals surface area contributed by atoms with Gasteiger partial charge in [-0.25, -0.2) is 0 Å². The Morgan fingerprint density at radius 3 is 2.56 bits per heavy atom. The standard InChI is InChI=1S/C12H16ClNOS/c1-9(14-12(15)7-8-13)10-3-5-11(16-2)6-4-10/h3-6,9H,7-8H2,1-2H3,(H,14,15). The quantitative estimate of drug-likeness (QED) is 0.648. The molecule has 0 spiro atoms. The van der Waals surface area contributed by atoms with E-state index in [0.29, 0.717) is 12.3 Å². The van der Waals surface area contributed by atoms with Crippen molar-refractivity contribution in [2.75, 3.05) is 12.1 Å². The highest BCUT2D eigenvalue weighted by Gasteiger charge is 2.08. The van der Waals surface area contributed by atoms with Crippen LogP contribution in [0.2, 0.25) is 0 Å². The van der Waals surface area contributed by atoms with Gasteiger partial charge < -0.3 is 5.32 Å². The summed E-state index contributed by atoms with van der Waals surface area (Å²) in [4.78, 5) is 12.6. The van der Waals surface area contributed by atoms with Crippen molar-refractivity contribution in [3.63, 3.8) is 0 Å². The van der Waals surface area contributed by atoms with Crippen LogP contribution in [0, 0.1) is 0 Å². The number of carbonyl (C=O) groups excluding carboxylic acids is 1. The zero-order valence-corrected chi connectivity index (χ0v) is 11.1. The number of rotatable bonds is 5. The minimum atomic E-state index is -0.00329. The second-order valence-corrected chi connectivity index (χ2v) is 4.76. The number of halogens is 1. The van der Waals surface area contributed by atoms with Gasteiger partial charge in [-0.3, -0.25) is 4.79 Å². The summed E-state index contributed by atoms with van der Waals surface area (Å²) >= 11 is 7.21. The number of benzene rings is 1. The first kappa shape index (κ1) is 13.4. The van der Waals surface area contributed by atoms with E-state index in [4.69, 9.17) is 11.6 Å². The minimum Gasteiger partial charge on any atom is -0.350 e. The van der Waals surface area contributed by atoms with Crippen molar-refractivity contribution in [1.82, 2.24) is 5.32 Å². The second-order valence-electron chi connectivity index (χ2n) is 3.50. The van der Waals surface area contributed by atoms with Gasteiger partial charge in [-0.05, 0) is 30.9 Å². The lowest BCUT2D eigenvalue weighted by Crippen LogP contribution is -2.26. The van der Waals surface area contributed by atoms with Gasteiger partial charge >= 0.3 is 0 Å². The van der Waals surface area contributed by atoms with Gasteiger partial charge in [0.15, 0.2) is 0 Å². The Hall–Kier alpha value is -0.670. The highest BCUT2D eigenvalue weighted by molar-refractivity contribution is 7.98. The summed E-state index contributed by atoms with van der Waals surface area (Å²) in [6.07, 6.45) is 2.41. The fraction of sp³-hybridized carbons (Fsp3) is 0.417. The lowest BCUT2D eigenvalue weighted by Gasteiger charge is -2.14. The number of hydrogen-bond donors (Lipinski definition) is 1. The first-order valence-electron chi connectivity index (χ1n) is 5.16. The zero-order valence-electron chi connectivity index (χ0n) is 9.50. The number of hydrogen-bond acceptors (Lipinski definition) is 2. The third kappa shape index (κ3) is 4.06. The van der Waals surface area contributed by atoms with E-state index in [-0.39, 0.29) is 11.9 Å². The number of thioether (sulfide) groups is 1. The molecule has 0 bridgehead atoms. The Bertz CT molecular complexity index is 339. The molecule has 1 unspecified atom stereocenters. The summed E-state index contributed by atoms with van der Waals surface area (Å²) in [5, 5.41) is 2.90. The monoisotopic (exact) mass is 257 g/mol. The molecule has 4 heteroatoms. The van der Waals surface area contributed by atoms with Gasteiger partial charge in [0.05, 0.1) is 6.04 Å². The topological polar surface area (TPSA) is 29.1 Å². The molecule has 1 aromatic rings. The maximum atomic E-state index is 11.4. The predicted molar refractivity (Wildman–Crippen MR) is 70.1 cm³/mol. The number of nitrogens with one attached hydrogen (secondary N) is 1. The van der Waals surface area contributed by atoms with E-state index in [9.17, 15) is 4.79 Å². The van der Waals surface area contributed by atoms with E-state index >= 15 is 0 Å². The van der Waals surface area contributed by atoms with Crippen LogP contribution in [0.1, 0.15) is 24.9 Å². The Kier molecular flexibility index (Phi) is 5.71. The molecule has 0 fully saturated rings. The largest absolute Gasteiger partial charge is 0.350 e. The molecule has 2 nitrogen and oxygen atoms in total. The van der Waals surface area contributed by atoms with Crippen molar-refractivity contribution >= 4 is 29.3 Å². The summed E-state index contributed by atoms with van der Waals surface area (Å²) in [6, 6.07) is 8.23. The van der Waals surface area contributed by atoms with Gasteiger partial charge in [-0.15, -0.1) is 23.4 Å². The van der Waals surface area contributed by atoms with E-state index in [1.54, 1.807) is 11.8 Å². The van der Waals surface area contributed by atoms with Gasteiger partial charge in [-0.2, -0.15) is 0 Å². The molecular weight excluding hydrogens is 242 g/mol. The first-order chi connectivity index (χ1) is 7.67. The molecule has 0 saturated carbocycles. The second kappa shape index (κ2) is 6.81. The van der Waals surface area contributed by atoms with Crippen LogP contribution < -0.4 is 5.32 Å². The van der Waals surface area contributed by atoms with Gasteiger partial charge in [-0.1, -0.05) is 12.1 Å². The van der Waals surface area contributed by atoms with Gasteiger partial charge in [0, 0.05) is 17.2 Å². The molecule has 1 amide bonds. The zero-order chi connectivity index (χ0) is 12.0. The first-order valence-corrected chi connectivity index (χ1v) is 6.92. The van der Waals surface area contributed by atoms with Crippen LogP contribution >= 0.6 is 23.4 Å². The maximum absolute atomic E-state index is 11.4. The fourth-order valence-corrected chi connectivity index (χ4v) is 1.96. The Labute approximate surface area is 106 Å². The third-order valence-electron chi connectivity index (χ3n) is 2.31. The molecule has 16 heavy (non-hydrogen) atoms. The number of amides is 1. The molecule has 88 valence electrons. The van der Waals surface area contributed by atoms with Crippen molar-refractivity contribution in [3.8, 4) is 0 Å².